The zero-order valence-electron chi connectivity index (χ0n) is 16.6. The van der Waals surface area contributed by atoms with Crippen molar-refractivity contribution in [1.29, 1.82) is 0 Å². The molecule has 6 nitrogen and oxygen atoms in total. The molecule has 0 spiro atoms. The van der Waals surface area contributed by atoms with Crippen LogP contribution in [-0.4, -0.2) is 30.4 Å². The Kier molecular flexibility index (Phi) is 4.07. The van der Waals surface area contributed by atoms with Crippen molar-refractivity contribution in [3.8, 4) is 11.6 Å². The average Bonchev–Trinajstić information content (AvgIpc) is 3.18. The van der Waals surface area contributed by atoms with E-state index in [0.29, 0.717) is 11.6 Å². The topological polar surface area (TPSA) is 72.9 Å². The van der Waals surface area contributed by atoms with Crippen LogP contribution in [0.1, 0.15) is 38.4 Å². The van der Waals surface area contributed by atoms with Crippen molar-refractivity contribution in [3.63, 3.8) is 0 Å². The second-order valence-corrected chi connectivity index (χ2v) is 7.33. The molecule has 0 aliphatic heterocycles. The third-order valence-corrected chi connectivity index (χ3v) is 5.12. The number of benzene rings is 1. The second kappa shape index (κ2) is 6.34. The number of aromatic nitrogens is 4. The van der Waals surface area contributed by atoms with Crippen LogP contribution in [0.2, 0.25) is 0 Å². The largest absolute Gasteiger partial charge is 0.477 e. The molecular formula is C22H22N4O2. The number of carboxylic acids is 1. The summed E-state index contributed by atoms with van der Waals surface area (Å²) in [5, 5.41) is 15.2. The fourth-order valence-corrected chi connectivity index (χ4v) is 3.81. The van der Waals surface area contributed by atoms with Gasteiger partial charge in [0.2, 0.25) is 0 Å². The van der Waals surface area contributed by atoms with E-state index >= 15 is 0 Å². The molecule has 1 aromatic carbocycles. The van der Waals surface area contributed by atoms with Crippen LogP contribution >= 0.6 is 0 Å². The summed E-state index contributed by atoms with van der Waals surface area (Å²) >= 11 is 0. The monoisotopic (exact) mass is 374 g/mol. The van der Waals surface area contributed by atoms with Gasteiger partial charge in [0.15, 0.2) is 11.6 Å². The first-order chi connectivity index (χ1) is 13.3. The fraction of sp³-hybridized carbons (Fsp3) is 0.227. The molecule has 0 amide bonds. The van der Waals surface area contributed by atoms with Crippen LogP contribution in [0.3, 0.4) is 0 Å². The van der Waals surface area contributed by atoms with E-state index in [9.17, 15) is 9.90 Å². The molecule has 0 radical (unpaired) electrons. The molecule has 28 heavy (non-hydrogen) atoms. The Labute approximate surface area is 163 Å². The first kappa shape index (κ1) is 18.0. The number of pyridine rings is 1. The molecule has 3 heterocycles. The lowest BCUT2D eigenvalue weighted by Crippen LogP contribution is -2.13. The minimum atomic E-state index is -1.02. The van der Waals surface area contributed by atoms with Gasteiger partial charge < -0.3 is 9.67 Å². The van der Waals surface area contributed by atoms with Crippen molar-refractivity contribution in [2.45, 2.75) is 34.6 Å². The minimum Gasteiger partial charge on any atom is -0.477 e. The van der Waals surface area contributed by atoms with Crippen molar-refractivity contribution < 1.29 is 9.90 Å². The molecule has 0 atom stereocenters. The average molecular weight is 374 g/mol. The molecule has 3 aromatic heterocycles. The highest BCUT2D eigenvalue weighted by Gasteiger charge is 2.22. The molecule has 0 aliphatic rings. The minimum absolute atomic E-state index is 0.141. The van der Waals surface area contributed by atoms with Crippen LogP contribution in [0.4, 0.5) is 0 Å². The van der Waals surface area contributed by atoms with Crippen LogP contribution in [0, 0.1) is 34.6 Å². The molecule has 0 aliphatic carbocycles. The number of hydrogen-bond donors (Lipinski definition) is 1. The number of rotatable bonds is 3. The molecule has 4 rings (SSSR count). The van der Waals surface area contributed by atoms with E-state index in [1.807, 2.05) is 50.5 Å². The number of hydrogen-bond acceptors (Lipinski definition) is 3. The van der Waals surface area contributed by atoms with Gasteiger partial charge in [-0.05, 0) is 70.0 Å². The van der Waals surface area contributed by atoms with E-state index in [1.54, 1.807) is 4.68 Å². The predicted molar refractivity (Wildman–Crippen MR) is 109 cm³/mol. The Morgan fingerprint density at radius 1 is 0.964 bits per heavy atom. The first-order valence-electron chi connectivity index (χ1n) is 9.13. The van der Waals surface area contributed by atoms with Crippen molar-refractivity contribution in [1.82, 2.24) is 19.3 Å². The SMILES string of the molecule is Cc1cc(C)c2nc(-n3ncc(C(=O)O)c3-n3c(C)ccc3C)cc(C)c2c1. The zero-order valence-corrected chi connectivity index (χ0v) is 16.6. The number of carboxylic acid groups (broad SMARTS) is 1. The highest BCUT2D eigenvalue weighted by atomic mass is 16.4. The molecular weight excluding hydrogens is 352 g/mol. The maximum atomic E-state index is 11.9. The number of carbonyl (C=O) groups is 1. The van der Waals surface area contributed by atoms with Gasteiger partial charge in [0.25, 0.3) is 0 Å². The first-order valence-corrected chi connectivity index (χ1v) is 9.13. The fourth-order valence-electron chi connectivity index (χ4n) is 3.81. The molecule has 0 saturated carbocycles. The summed E-state index contributed by atoms with van der Waals surface area (Å²) in [6.45, 7) is 10.0. The Morgan fingerprint density at radius 2 is 1.64 bits per heavy atom. The lowest BCUT2D eigenvalue weighted by atomic mass is 10.0. The van der Waals surface area contributed by atoms with Crippen LogP contribution in [0.25, 0.3) is 22.5 Å². The van der Waals surface area contributed by atoms with Gasteiger partial charge >= 0.3 is 5.97 Å². The van der Waals surface area contributed by atoms with Gasteiger partial charge in [0.1, 0.15) is 5.56 Å². The molecule has 1 N–H and O–H groups in total. The predicted octanol–water partition coefficient (Wildman–Crippen LogP) is 4.45. The van der Waals surface area contributed by atoms with Gasteiger partial charge in [0.05, 0.1) is 11.7 Å². The van der Waals surface area contributed by atoms with E-state index in [-0.39, 0.29) is 5.56 Å². The Balaban J connectivity index is 2.05. The lowest BCUT2D eigenvalue weighted by Gasteiger charge is -2.15. The van der Waals surface area contributed by atoms with Crippen molar-refractivity contribution in [2.24, 2.45) is 0 Å². The molecule has 0 fully saturated rings. The van der Waals surface area contributed by atoms with Gasteiger partial charge in [-0.2, -0.15) is 9.78 Å². The lowest BCUT2D eigenvalue weighted by molar-refractivity contribution is 0.0697. The highest BCUT2D eigenvalue weighted by molar-refractivity contribution is 5.91. The Morgan fingerprint density at radius 3 is 2.29 bits per heavy atom. The van der Waals surface area contributed by atoms with Crippen LogP contribution in [-0.2, 0) is 0 Å². The smallest absolute Gasteiger partial charge is 0.341 e. The summed E-state index contributed by atoms with van der Waals surface area (Å²) in [6, 6.07) is 10.1. The van der Waals surface area contributed by atoms with E-state index in [1.165, 1.54) is 11.8 Å². The van der Waals surface area contributed by atoms with Gasteiger partial charge in [-0.25, -0.2) is 9.78 Å². The summed E-state index contributed by atoms with van der Waals surface area (Å²) in [5.41, 5.74) is 6.26. The standard InChI is InChI=1S/C22H22N4O2/c1-12-8-14(3)20-17(9-12)13(2)10-19(24-20)26-21(18(11-23-26)22(27)28)25-15(4)6-7-16(25)5/h6-11H,1-5H3,(H,27,28). The normalized spacial score (nSPS) is 11.3. The van der Waals surface area contributed by atoms with Gasteiger partial charge in [-0.1, -0.05) is 11.6 Å². The van der Waals surface area contributed by atoms with Gasteiger partial charge in [-0.3, -0.25) is 0 Å². The maximum absolute atomic E-state index is 11.9. The quantitative estimate of drug-likeness (QED) is 0.575. The van der Waals surface area contributed by atoms with Crippen LogP contribution in [0.15, 0.2) is 36.5 Å². The molecule has 0 saturated heterocycles. The van der Waals surface area contributed by atoms with Crippen molar-refractivity contribution >= 4 is 16.9 Å². The number of aryl methyl sites for hydroxylation is 5. The third-order valence-electron chi connectivity index (χ3n) is 5.12. The molecule has 142 valence electrons. The number of nitrogens with zero attached hydrogens (tertiary/aromatic N) is 4. The van der Waals surface area contributed by atoms with Crippen LogP contribution in [0.5, 0.6) is 0 Å². The number of fused-ring (bicyclic) bond motifs is 1. The third kappa shape index (κ3) is 2.69. The van der Waals surface area contributed by atoms with Crippen molar-refractivity contribution in [3.05, 3.63) is 70.2 Å². The number of aromatic carboxylic acids is 1. The second-order valence-electron chi connectivity index (χ2n) is 7.33. The summed E-state index contributed by atoms with van der Waals surface area (Å²) in [7, 11) is 0. The van der Waals surface area contributed by atoms with E-state index in [4.69, 9.17) is 4.98 Å². The Hall–Kier alpha value is -3.41. The zero-order chi connectivity index (χ0) is 20.2. The van der Waals surface area contributed by atoms with E-state index < -0.39 is 5.97 Å². The van der Waals surface area contributed by atoms with Crippen molar-refractivity contribution in [2.75, 3.05) is 0 Å². The Bertz CT molecular complexity index is 1230. The van der Waals surface area contributed by atoms with Crippen LogP contribution < -0.4 is 0 Å². The molecule has 4 aromatic rings. The molecule has 6 heteroatoms. The summed E-state index contributed by atoms with van der Waals surface area (Å²) in [4.78, 5) is 16.7. The van der Waals surface area contributed by atoms with Gasteiger partial charge in [0, 0.05) is 16.8 Å². The maximum Gasteiger partial charge on any atom is 0.341 e. The summed E-state index contributed by atoms with van der Waals surface area (Å²) in [5.74, 6) is 0.0773. The van der Waals surface area contributed by atoms with E-state index in [0.717, 1.165) is 33.4 Å². The summed E-state index contributed by atoms with van der Waals surface area (Å²) in [6.07, 6.45) is 1.39. The molecule has 0 bridgehead atoms. The van der Waals surface area contributed by atoms with Gasteiger partial charge in [-0.15, -0.1) is 0 Å². The summed E-state index contributed by atoms with van der Waals surface area (Å²) < 4.78 is 3.52. The van der Waals surface area contributed by atoms with E-state index in [2.05, 4.69) is 24.2 Å². The highest BCUT2D eigenvalue weighted by Crippen LogP contribution is 2.27. The molecule has 0 unspecified atom stereocenters.